The first kappa shape index (κ1) is 19.3. The molecule has 2 fully saturated rings. The average Bonchev–Trinajstić information content (AvgIpc) is 2.90. The molecule has 8 heteroatoms. The van der Waals surface area contributed by atoms with Crippen molar-refractivity contribution < 1.29 is 23.5 Å². The highest BCUT2D eigenvalue weighted by molar-refractivity contribution is 6.08. The maximum absolute atomic E-state index is 13.9. The lowest BCUT2D eigenvalue weighted by Gasteiger charge is -2.35. The summed E-state index contributed by atoms with van der Waals surface area (Å²) < 4.78 is 19.2. The number of esters is 1. The van der Waals surface area contributed by atoms with E-state index in [4.69, 9.17) is 4.74 Å². The van der Waals surface area contributed by atoms with Crippen molar-refractivity contribution in [1.82, 2.24) is 14.8 Å². The van der Waals surface area contributed by atoms with E-state index in [0.717, 1.165) is 24.2 Å². The fraction of sp³-hybridized carbons (Fsp3) is 0.429. The zero-order chi connectivity index (χ0) is 20.6. The molecule has 1 spiro atoms. The van der Waals surface area contributed by atoms with E-state index in [0.29, 0.717) is 29.3 Å². The Balaban J connectivity index is 1.45. The predicted octanol–water partition coefficient (Wildman–Crippen LogP) is 3.01. The Labute approximate surface area is 167 Å². The molecule has 0 unspecified atom stereocenters. The topological polar surface area (TPSA) is 79.8 Å². The number of nitrogens with zero attached hydrogens (tertiary/aromatic N) is 3. The number of fused-ring (bicyclic) bond motifs is 1. The van der Waals surface area contributed by atoms with Crippen LogP contribution in [0.2, 0.25) is 0 Å². The molecular weight excluding hydrogens is 377 g/mol. The summed E-state index contributed by atoms with van der Waals surface area (Å²) in [5, 5.41) is 0.340. The molecule has 1 saturated heterocycles. The van der Waals surface area contributed by atoms with Crippen LogP contribution >= 0.6 is 0 Å². The van der Waals surface area contributed by atoms with Gasteiger partial charge in [0.15, 0.2) is 0 Å². The van der Waals surface area contributed by atoms with E-state index in [-0.39, 0.29) is 12.5 Å². The van der Waals surface area contributed by atoms with Crippen LogP contribution in [0.25, 0.3) is 10.9 Å². The monoisotopic (exact) mass is 399 g/mol. The number of aromatic nitrogens is 1. The number of rotatable bonds is 4. The second-order valence-electron chi connectivity index (χ2n) is 7.59. The lowest BCUT2D eigenvalue weighted by molar-refractivity contribution is -0.149. The van der Waals surface area contributed by atoms with Crippen molar-refractivity contribution in [2.45, 2.75) is 44.2 Å². The number of amides is 3. The van der Waals surface area contributed by atoms with Crippen molar-refractivity contribution in [2.75, 3.05) is 13.6 Å². The Morgan fingerprint density at radius 3 is 2.72 bits per heavy atom. The maximum Gasteiger partial charge on any atom is 0.327 e. The highest BCUT2D eigenvalue weighted by Crippen LogP contribution is 2.39. The summed E-state index contributed by atoms with van der Waals surface area (Å²) in [6, 6.07) is 5.56. The van der Waals surface area contributed by atoms with Crippen molar-refractivity contribution in [3.05, 3.63) is 41.8 Å². The minimum absolute atomic E-state index is 0.121. The number of hydrogen-bond acceptors (Lipinski definition) is 5. The number of imide groups is 1. The zero-order valence-corrected chi connectivity index (χ0v) is 16.2. The third kappa shape index (κ3) is 3.22. The van der Waals surface area contributed by atoms with Gasteiger partial charge in [-0.05, 0) is 31.0 Å². The smallest absolute Gasteiger partial charge is 0.327 e. The van der Waals surface area contributed by atoms with Crippen molar-refractivity contribution in [1.29, 1.82) is 0 Å². The van der Waals surface area contributed by atoms with Crippen molar-refractivity contribution >= 4 is 28.8 Å². The number of urea groups is 1. The molecule has 29 heavy (non-hydrogen) atoms. The second kappa shape index (κ2) is 7.42. The van der Waals surface area contributed by atoms with Gasteiger partial charge in [0.2, 0.25) is 0 Å². The van der Waals surface area contributed by atoms with Crippen molar-refractivity contribution in [3.8, 4) is 0 Å². The van der Waals surface area contributed by atoms with E-state index in [9.17, 15) is 18.8 Å². The Kier molecular flexibility index (Phi) is 4.94. The van der Waals surface area contributed by atoms with Crippen LogP contribution < -0.4 is 0 Å². The van der Waals surface area contributed by atoms with E-state index in [1.54, 1.807) is 19.2 Å². The number of ether oxygens (including phenoxy) is 1. The van der Waals surface area contributed by atoms with Gasteiger partial charge in [0.25, 0.3) is 5.91 Å². The van der Waals surface area contributed by atoms with Crippen molar-refractivity contribution in [3.63, 3.8) is 0 Å². The van der Waals surface area contributed by atoms with Crippen LogP contribution in [0.4, 0.5) is 9.18 Å². The number of hydrogen-bond donors (Lipinski definition) is 0. The first-order chi connectivity index (χ1) is 13.9. The summed E-state index contributed by atoms with van der Waals surface area (Å²) in [4.78, 5) is 44.5. The molecule has 1 aliphatic heterocycles. The first-order valence-electron chi connectivity index (χ1n) is 9.71. The molecule has 2 heterocycles. The van der Waals surface area contributed by atoms with Gasteiger partial charge in [-0.15, -0.1) is 0 Å². The maximum atomic E-state index is 13.9. The van der Waals surface area contributed by atoms with Gasteiger partial charge >= 0.3 is 12.0 Å². The van der Waals surface area contributed by atoms with Crippen LogP contribution in [-0.4, -0.2) is 51.8 Å². The Morgan fingerprint density at radius 1 is 1.21 bits per heavy atom. The fourth-order valence-corrected chi connectivity index (χ4v) is 4.32. The normalized spacial score (nSPS) is 18.7. The van der Waals surface area contributed by atoms with Gasteiger partial charge in [0.1, 0.15) is 24.5 Å². The van der Waals surface area contributed by atoms with Gasteiger partial charge in [0, 0.05) is 24.2 Å². The average molecular weight is 399 g/mol. The Bertz CT molecular complexity index is 987. The van der Waals surface area contributed by atoms with Crippen LogP contribution in [-0.2, 0) is 20.9 Å². The molecule has 0 radical (unpaired) electrons. The molecule has 1 aromatic carbocycles. The molecule has 2 aliphatic rings. The number of benzene rings is 1. The number of pyridine rings is 1. The molecule has 1 saturated carbocycles. The first-order valence-corrected chi connectivity index (χ1v) is 9.71. The largest absolute Gasteiger partial charge is 0.459 e. The minimum Gasteiger partial charge on any atom is -0.459 e. The van der Waals surface area contributed by atoms with Crippen molar-refractivity contribution in [2.24, 2.45) is 0 Å². The van der Waals surface area contributed by atoms with Gasteiger partial charge in [-0.2, -0.15) is 0 Å². The minimum atomic E-state index is -0.827. The summed E-state index contributed by atoms with van der Waals surface area (Å²) in [5.41, 5.74) is 0.136. The third-order valence-corrected chi connectivity index (χ3v) is 5.96. The summed E-state index contributed by atoms with van der Waals surface area (Å²) in [7, 11) is 1.62. The summed E-state index contributed by atoms with van der Waals surface area (Å²) in [6.07, 6.45) is 5.57. The fourth-order valence-electron chi connectivity index (χ4n) is 4.32. The summed E-state index contributed by atoms with van der Waals surface area (Å²) in [6.45, 7) is -0.555. The van der Waals surface area contributed by atoms with Crippen LogP contribution in [0, 0.1) is 5.82 Å². The van der Waals surface area contributed by atoms with E-state index < -0.39 is 29.9 Å². The van der Waals surface area contributed by atoms with E-state index in [1.165, 1.54) is 23.2 Å². The predicted molar refractivity (Wildman–Crippen MR) is 102 cm³/mol. The van der Waals surface area contributed by atoms with E-state index in [2.05, 4.69) is 4.98 Å². The van der Waals surface area contributed by atoms with Crippen LogP contribution in [0.5, 0.6) is 0 Å². The molecule has 0 N–H and O–H groups in total. The van der Waals surface area contributed by atoms with Crippen LogP contribution in [0.1, 0.15) is 37.7 Å². The molecular formula is C21H22FN3O4. The number of halogens is 1. The third-order valence-electron chi connectivity index (χ3n) is 5.96. The van der Waals surface area contributed by atoms with Gasteiger partial charge in [-0.3, -0.25) is 19.5 Å². The molecule has 1 aliphatic carbocycles. The van der Waals surface area contributed by atoms with Gasteiger partial charge in [0.05, 0.1) is 5.52 Å². The van der Waals surface area contributed by atoms with Crippen LogP contribution in [0.15, 0.2) is 30.5 Å². The highest BCUT2D eigenvalue weighted by Gasteiger charge is 2.55. The second-order valence-corrected chi connectivity index (χ2v) is 7.59. The molecule has 4 rings (SSSR count). The Morgan fingerprint density at radius 2 is 1.97 bits per heavy atom. The number of carbonyl (C=O) groups is 3. The number of carbonyl (C=O) groups excluding carboxylic acids is 3. The highest BCUT2D eigenvalue weighted by atomic mass is 19.1. The molecule has 0 bridgehead atoms. The summed E-state index contributed by atoms with van der Waals surface area (Å²) >= 11 is 0. The molecule has 152 valence electrons. The molecule has 0 atom stereocenters. The number of likely N-dealkylation sites (N-methyl/N-ethyl adjacent to an activating group) is 1. The molecule has 1 aromatic heterocycles. The lowest BCUT2D eigenvalue weighted by atomic mass is 9.81. The van der Waals surface area contributed by atoms with Gasteiger partial charge in [-0.25, -0.2) is 9.18 Å². The standard InChI is InChI=1S/C21H22FN3O4/c1-24-20(28)25(19(27)21(24)9-3-2-4-10-21)12-17(26)29-13-14-7-8-16(22)15-6-5-11-23-18(14)15/h5-8,11H,2-4,9-10,12-13H2,1H3. The molecule has 2 aromatic rings. The summed E-state index contributed by atoms with van der Waals surface area (Å²) in [5.74, 6) is -1.42. The van der Waals surface area contributed by atoms with Gasteiger partial charge in [-0.1, -0.05) is 25.3 Å². The quantitative estimate of drug-likeness (QED) is 0.583. The van der Waals surface area contributed by atoms with E-state index >= 15 is 0 Å². The Hall–Kier alpha value is -3.03. The SMILES string of the molecule is CN1C(=O)N(CC(=O)OCc2ccc(F)c3cccnc23)C(=O)C12CCCCC2. The zero-order valence-electron chi connectivity index (χ0n) is 16.2. The lowest BCUT2D eigenvalue weighted by Crippen LogP contribution is -2.49. The van der Waals surface area contributed by atoms with Gasteiger partial charge < -0.3 is 9.64 Å². The molecule has 7 nitrogen and oxygen atoms in total. The molecule has 3 amide bonds. The van der Waals surface area contributed by atoms with Crippen LogP contribution in [0.3, 0.4) is 0 Å². The van der Waals surface area contributed by atoms with E-state index in [1.807, 2.05) is 0 Å².